The van der Waals surface area contributed by atoms with E-state index in [1.807, 2.05) is 6.07 Å². The summed E-state index contributed by atoms with van der Waals surface area (Å²) in [7, 11) is 0. The molecule has 0 heterocycles. The Labute approximate surface area is 110 Å². The van der Waals surface area contributed by atoms with Crippen LogP contribution in [0.3, 0.4) is 0 Å². The molecule has 1 aromatic rings. The van der Waals surface area contributed by atoms with Crippen LogP contribution in [0.2, 0.25) is 0 Å². The van der Waals surface area contributed by atoms with Gasteiger partial charge in [0.15, 0.2) is 0 Å². The highest BCUT2D eigenvalue weighted by molar-refractivity contribution is 9.09. The van der Waals surface area contributed by atoms with E-state index >= 15 is 0 Å². The summed E-state index contributed by atoms with van der Waals surface area (Å²) in [6, 6.07) is 6.89. The third-order valence-corrected chi connectivity index (χ3v) is 3.99. The van der Waals surface area contributed by atoms with E-state index in [2.05, 4.69) is 35.1 Å². The molecule has 1 aromatic carbocycles. The van der Waals surface area contributed by atoms with Crippen molar-refractivity contribution in [3.05, 3.63) is 29.8 Å². The lowest BCUT2D eigenvalue weighted by molar-refractivity contribution is -0.120. The summed E-state index contributed by atoms with van der Waals surface area (Å²) in [5.74, 6) is 0.0999. The van der Waals surface area contributed by atoms with Crippen LogP contribution in [0.4, 0.5) is 0 Å². The molecule has 3 nitrogen and oxygen atoms in total. The molecule has 0 fully saturated rings. The molecule has 0 aromatic heterocycles. The quantitative estimate of drug-likeness (QED) is 0.821. The van der Waals surface area contributed by atoms with Crippen LogP contribution in [0, 0.1) is 5.41 Å². The number of rotatable bonds is 5. The molecule has 0 aliphatic rings. The van der Waals surface area contributed by atoms with Crippen LogP contribution in [0.1, 0.15) is 19.4 Å². The molecular weight excluding hydrogens is 282 g/mol. The van der Waals surface area contributed by atoms with Crippen molar-refractivity contribution in [1.82, 2.24) is 5.32 Å². The molecule has 0 spiro atoms. The molecule has 1 rings (SSSR count). The van der Waals surface area contributed by atoms with Crippen molar-refractivity contribution >= 4 is 21.8 Å². The third kappa shape index (κ3) is 4.77. The number of alkyl halides is 1. The lowest BCUT2D eigenvalue weighted by atomic mass is 9.97. The Morgan fingerprint density at radius 1 is 1.41 bits per heavy atom. The van der Waals surface area contributed by atoms with Gasteiger partial charge in [0.1, 0.15) is 5.75 Å². The van der Waals surface area contributed by atoms with Crippen molar-refractivity contribution in [1.29, 1.82) is 0 Å². The zero-order chi connectivity index (χ0) is 12.9. The molecule has 1 amide bonds. The second-order valence-corrected chi connectivity index (χ2v) is 5.44. The van der Waals surface area contributed by atoms with Gasteiger partial charge in [-0.05, 0) is 11.5 Å². The molecule has 2 N–H and O–H groups in total. The van der Waals surface area contributed by atoms with E-state index in [1.54, 1.807) is 18.2 Å². The van der Waals surface area contributed by atoms with Gasteiger partial charge in [0.2, 0.25) is 5.91 Å². The summed E-state index contributed by atoms with van der Waals surface area (Å²) >= 11 is 3.41. The van der Waals surface area contributed by atoms with Crippen molar-refractivity contribution in [2.75, 3.05) is 11.9 Å². The Kier molecular flexibility index (Phi) is 5.00. The van der Waals surface area contributed by atoms with E-state index in [4.69, 9.17) is 0 Å². The summed E-state index contributed by atoms with van der Waals surface area (Å²) in [6.07, 6.45) is 0.213. The smallest absolute Gasteiger partial charge is 0.224 e. The van der Waals surface area contributed by atoms with Gasteiger partial charge in [-0.15, -0.1) is 0 Å². The molecule has 0 aliphatic heterocycles. The van der Waals surface area contributed by atoms with Crippen LogP contribution in [-0.2, 0) is 11.2 Å². The van der Waals surface area contributed by atoms with Crippen molar-refractivity contribution in [3.63, 3.8) is 0 Å². The van der Waals surface area contributed by atoms with E-state index < -0.39 is 0 Å². The fourth-order valence-electron chi connectivity index (χ4n) is 1.28. The van der Waals surface area contributed by atoms with Crippen LogP contribution in [0.15, 0.2) is 24.3 Å². The third-order valence-electron chi connectivity index (χ3n) is 2.47. The maximum Gasteiger partial charge on any atom is 0.224 e. The fraction of sp³-hybridized carbons (Fsp3) is 0.462. The largest absolute Gasteiger partial charge is 0.508 e. The van der Waals surface area contributed by atoms with E-state index in [1.165, 1.54) is 0 Å². The van der Waals surface area contributed by atoms with Crippen LogP contribution in [0.5, 0.6) is 5.75 Å². The number of hydrogen-bond donors (Lipinski definition) is 2. The second kappa shape index (κ2) is 6.05. The van der Waals surface area contributed by atoms with Crippen LogP contribution in [0.25, 0.3) is 0 Å². The summed E-state index contributed by atoms with van der Waals surface area (Å²) in [6.45, 7) is 4.76. The molecule has 0 bridgehead atoms. The molecule has 0 aliphatic carbocycles. The highest BCUT2D eigenvalue weighted by atomic mass is 79.9. The number of halogens is 1. The van der Waals surface area contributed by atoms with E-state index in [0.29, 0.717) is 12.1 Å². The molecule has 4 heteroatoms. The number of benzene rings is 1. The first-order valence-corrected chi connectivity index (χ1v) is 6.66. The van der Waals surface area contributed by atoms with E-state index in [9.17, 15) is 9.90 Å². The van der Waals surface area contributed by atoms with Gasteiger partial charge in [-0.3, -0.25) is 4.79 Å². The molecule has 0 saturated heterocycles. The van der Waals surface area contributed by atoms with Gasteiger partial charge in [-0.1, -0.05) is 48.0 Å². The summed E-state index contributed by atoms with van der Waals surface area (Å²) < 4.78 is 0. The number of phenolic OH excluding ortho intramolecular Hbond substituents is 1. The number of carbonyl (C=O) groups excluding carboxylic acids is 1. The highest BCUT2D eigenvalue weighted by Gasteiger charge is 2.17. The minimum atomic E-state index is -0.0690. The topological polar surface area (TPSA) is 49.3 Å². The Morgan fingerprint density at radius 2 is 2.06 bits per heavy atom. The zero-order valence-corrected chi connectivity index (χ0v) is 11.8. The van der Waals surface area contributed by atoms with Crippen LogP contribution in [-0.4, -0.2) is 22.9 Å². The number of hydrogen-bond acceptors (Lipinski definition) is 2. The first kappa shape index (κ1) is 14.0. The molecule has 0 unspecified atom stereocenters. The Bertz CT molecular complexity index is 391. The highest BCUT2D eigenvalue weighted by Crippen LogP contribution is 2.18. The van der Waals surface area contributed by atoms with Gasteiger partial charge in [-0.2, -0.15) is 0 Å². The lowest BCUT2D eigenvalue weighted by Gasteiger charge is -2.21. The van der Waals surface area contributed by atoms with Gasteiger partial charge in [0, 0.05) is 17.4 Å². The standard InChI is InChI=1S/C13H18BrNO2/c1-13(2,8-14)9-15-12(17)7-10-5-3-4-6-11(10)16/h3-6,16H,7-9H2,1-2H3,(H,15,17). The van der Waals surface area contributed by atoms with Gasteiger partial charge < -0.3 is 10.4 Å². The maximum atomic E-state index is 11.7. The van der Waals surface area contributed by atoms with Crippen molar-refractivity contribution in [3.8, 4) is 5.75 Å². The predicted molar refractivity (Wildman–Crippen MR) is 72.4 cm³/mol. The first-order valence-electron chi connectivity index (χ1n) is 5.54. The summed E-state index contributed by atoms with van der Waals surface area (Å²) in [5, 5.41) is 13.2. The molecule has 0 saturated carbocycles. The predicted octanol–water partition coefficient (Wildman–Crippen LogP) is 2.47. The SMILES string of the molecule is CC(C)(CBr)CNC(=O)Cc1ccccc1O. The van der Waals surface area contributed by atoms with E-state index in [-0.39, 0.29) is 23.5 Å². The number of para-hydroxylation sites is 1. The minimum absolute atomic E-state index is 0.0361. The lowest BCUT2D eigenvalue weighted by Crippen LogP contribution is -2.35. The maximum absolute atomic E-state index is 11.7. The summed E-state index contributed by atoms with van der Waals surface area (Å²) in [4.78, 5) is 11.7. The zero-order valence-electron chi connectivity index (χ0n) is 10.2. The van der Waals surface area contributed by atoms with Gasteiger partial charge >= 0.3 is 0 Å². The fourth-order valence-corrected chi connectivity index (χ4v) is 1.48. The van der Waals surface area contributed by atoms with E-state index in [0.717, 1.165) is 5.33 Å². The first-order chi connectivity index (χ1) is 7.94. The molecule has 0 atom stereocenters. The molecule has 94 valence electrons. The average Bonchev–Trinajstić information content (AvgIpc) is 2.30. The van der Waals surface area contributed by atoms with Crippen molar-refractivity contribution in [2.24, 2.45) is 5.41 Å². The number of aromatic hydroxyl groups is 1. The Hall–Kier alpha value is -1.03. The summed E-state index contributed by atoms with van der Waals surface area (Å²) in [5.41, 5.74) is 0.690. The number of carbonyl (C=O) groups is 1. The number of nitrogens with one attached hydrogen (secondary N) is 1. The second-order valence-electron chi connectivity index (χ2n) is 4.88. The number of phenols is 1. The molecule has 17 heavy (non-hydrogen) atoms. The average molecular weight is 300 g/mol. The van der Waals surface area contributed by atoms with Gasteiger partial charge in [0.25, 0.3) is 0 Å². The minimum Gasteiger partial charge on any atom is -0.508 e. The Balaban J connectivity index is 2.48. The van der Waals surface area contributed by atoms with Crippen molar-refractivity contribution < 1.29 is 9.90 Å². The monoisotopic (exact) mass is 299 g/mol. The normalized spacial score (nSPS) is 11.2. The van der Waals surface area contributed by atoms with Crippen LogP contribution < -0.4 is 5.32 Å². The Morgan fingerprint density at radius 3 is 2.65 bits per heavy atom. The molecule has 0 radical (unpaired) electrons. The van der Waals surface area contributed by atoms with Gasteiger partial charge in [-0.25, -0.2) is 0 Å². The van der Waals surface area contributed by atoms with Crippen molar-refractivity contribution in [2.45, 2.75) is 20.3 Å². The number of amides is 1. The van der Waals surface area contributed by atoms with Crippen LogP contribution >= 0.6 is 15.9 Å². The van der Waals surface area contributed by atoms with Gasteiger partial charge in [0.05, 0.1) is 6.42 Å². The molecular formula is C13H18BrNO2.